The number of hydrogen-bond acceptors (Lipinski definition) is 4. The van der Waals surface area contributed by atoms with Crippen LogP contribution >= 0.6 is 0 Å². The van der Waals surface area contributed by atoms with Crippen molar-refractivity contribution >= 4 is 5.91 Å². The van der Waals surface area contributed by atoms with Crippen LogP contribution in [0.15, 0.2) is 0 Å². The van der Waals surface area contributed by atoms with E-state index in [0.717, 1.165) is 45.2 Å². The molecule has 23 heavy (non-hydrogen) atoms. The number of hydrogen-bond donors (Lipinski definition) is 1. The normalized spacial score (nSPS) is 35.2. The van der Waals surface area contributed by atoms with E-state index in [1.165, 1.54) is 19.3 Å². The topological polar surface area (TPSA) is 53.0 Å². The quantitative estimate of drug-likeness (QED) is 0.854. The van der Waals surface area contributed by atoms with Crippen molar-refractivity contribution in [3.8, 4) is 0 Å². The number of carbonyl (C=O) groups excluding carboxylic acids is 1. The van der Waals surface area contributed by atoms with Crippen LogP contribution in [0.5, 0.6) is 0 Å². The number of nitrogens with zero attached hydrogens (tertiary/aromatic N) is 2. The van der Waals surface area contributed by atoms with Crippen LogP contribution < -0.4 is 0 Å². The summed E-state index contributed by atoms with van der Waals surface area (Å²) in [4.78, 5) is 16.9. The molecular formula is C18H32N2O3. The fourth-order valence-corrected chi connectivity index (χ4v) is 4.59. The van der Waals surface area contributed by atoms with Gasteiger partial charge in [-0.2, -0.15) is 0 Å². The summed E-state index contributed by atoms with van der Waals surface area (Å²) >= 11 is 0. The van der Waals surface area contributed by atoms with Gasteiger partial charge in [0.05, 0.1) is 31.4 Å². The number of likely N-dealkylation sites (N-methyl/N-ethyl adjacent to an activating group) is 1. The van der Waals surface area contributed by atoms with Crippen LogP contribution in [0.2, 0.25) is 0 Å². The van der Waals surface area contributed by atoms with Gasteiger partial charge in [-0.15, -0.1) is 0 Å². The zero-order valence-electron chi connectivity index (χ0n) is 14.5. The Balaban J connectivity index is 1.51. The minimum absolute atomic E-state index is 0.188. The van der Waals surface area contributed by atoms with Crippen molar-refractivity contribution in [3.63, 3.8) is 0 Å². The first-order valence-electron chi connectivity index (χ1n) is 9.43. The first-order chi connectivity index (χ1) is 11.1. The number of fused-ring (bicyclic) bond motifs is 1. The van der Waals surface area contributed by atoms with Crippen LogP contribution in [0.1, 0.15) is 51.4 Å². The van der Waals surface area contributed by atoms with Gasteiger partial charge in [-0.3, -0.25) is 9.69 Å². The molecule has 1 saturated heterocycles. The zero-order valence-corrected chi connectivity index (χ0v) is 14.5. The summed E-state index contributed by atoms with van der Waals surface area (Å²) in [6.07, 6.45) is 9.02. The maximum Gasteiger partial charge on any atom is 0.237 e. The minimum atomic E-state index is -0.188. The van der Waals surface area contributed by atoms with Gasteiger partial charge >= 0.3 is 0 Å². The van der Waals surface area contributed by atoms with E-state index < -0.39 is 0 Å². The van der Waals surface area contributed by atoms with Gasteiger partial charge in [-0.05, 0) is 38.6 Å². The third-order valence-electron chi connectivity index (χ3n) is 5.87. The van der Waals surface area contributed by atoms with Crippen LogP contribution in [-0.2, 0) is 9.53 Å². The van der Waals surface area contributed by atoms with E-state index in [1.54, 1.807) is 0 Å². The number of carbonyl (C=O) groups is 1. The van der Waals surface area contributed by atoms with E-state index in [9.17, 15) is 9.90 Å². The molecule has 0 aromatic heterocycles. The standard InChI is InChI=1S/C18H32N2O3/c1-19(12-14-6-2-4-8-16(14)21)13-18(22)20-10-11-23-17-9-5-3-7-15(17)20/h14-17,21H,2-13H2,1H3. The number of aliphatic hydroxyl groups is 1. The van der Waals surface area contributed by atoms with Gasteiger partial charge < -0.3 is 14.7 Å². The number of aliphatic hydroxyl groups excluding tert-OH is 1. The first kappa shape index (κ1) is 17.2. The van der Waals surface area contributed by atoms with Gasteiger partial charge in [0.25, 0.3) is 0 Å². The summed E-state index contributed by atoms with van der Waals surface area (Å²) < 4.78 is 5.86. The molecule has 1 N–H and O–H groups in total. The molecule has 0 radical (unpaired) electrons. The highest BCUT2D eigenvalue weighted by Gasteiger charge is 2.37. The fraction of sp³-hybridized carbons (Fsp3) is 0.944. The predicted octanol–water partition coefficient (Wildman–Crippen LogP) is 1.64. The molecule has 1 amide bonds. The lowest BCUT2D eigenvalue weighted by atomic mass is 9.86. The number of amides is 1. The lowest BCUT2D eigenvalue weighted by molar-refractivity contribution is -0.150. The van der Waals surface area contributed by atoms with Gasteiger partial charge in [-0.1, -0.05) is 25.7 Å². The second-order valence-corrected chi connectivity index (χ2v) is 7.66. The molecule has 132 valence electrons. The largest absolute Gasteiger partial charge is 0.393 e. The molecule has 1 heterocycles. The fourth-order valence-electron chi connectivity index (χ4n) is 4.59. The molecule has 3 aliphatic rings. The van der Waals surface area contributed by atoms with Crippen LogP contribution in [0.3, 0.4) is 0 Å². The molecule has 1 aliphatic heterocycles. The van der Waals surface area contributed by atoms with Crippen molar-refractivity contribution in [2.24, 2.45) is 5.92 Å². The molecule has 3 fully saturated rings. The molecule has 0 aromatic carbocycles. The Hall–Kier alpha value is -0.650. The van der Waals surface area contributed by atoms with Crippen molar-refractivity contribution in [1.29, 1.82) is 0 Å². The second-order valence-electron chi connectivity index (χ2n) is 7.66. The van der Waals surface area contributed by atoms with Gasteiger partial charge in [0.2, 0.25) is 5.91 Å². The summed E-state index contributed by atoms with van der Waals surface area (Å²) in [5, 5.41) is 10.1. The average Bonchev–Trinajstić information content (AvgIpc) is 2.56. The molecule has 2 aliphatic carbocycles. The van der Waals surface area contributed by atoms with Gasteiger partial charge in [0, 0.05) is 13.1 Å². The molecule has 0 bridgehead atoms. The zero-order chi connectivity index (χ0) is 16.2. The van der Waals surface area contributed by atoms with Crippen LogP contribution in [0, 0.1) is 5.92 Å². The highest BCUT2D eigenvalue weighted by molar-refractivity contribution is 5.78. The smallest absolute Gasteiger partial charge is 0.237 e. The Morgan fingerprint density at radius 2 is 1.91 bits per heavy atom. The van der Waals surface area contributed by atoms with Gasteiger partial charge in [0.1, 0.15) is 0 Å². The van der Waals surface area contributed by atoms with E-state index >= 15 is 0 Å². The highest BCUT2D eigenvalue weighted by Crippen LogP contribution is 2.29. The summed E-state index contributed by atoms with van der Waals surface area (Å²) in [5.74, 6) is 0.562. The van der Waals surface area contributed by atoms with Crippen LogP contribution in [-0.4, -0.2) is 72.4 Å². The lowest BCUT2D eigenvalue weighted by Crippen LogP contribution is -2.56. The first-order valence-corrected chi connectivity index (χ1v) is 9.43. The molecule has 2 saturated carbocycles. The van der Waals surface area contributed by atoms with E-state index in [4.69, 9.17) is 4.74 Å². The summed E-state index contributed by atoms with van der Waals surface area (Å²) in [6.45, 7) is 2.70. The predicted molar refractivity (Wildman–Crippen MR) is 89.2 cm³/mol. The Kier molecular flexibility index (Phi) is 5.94. The van der Waals surface area contributed by atoms with E-state index in [0.29, 0.717) is 25.1 Å². The number of rotatable bonds is 4. The molecule has 0 aromatic rings. The summed E-state index contributed by atoms with van der Waals surface area (Å²) in [7, 11) is 2.01. The van der Waals surface area contributed by atoms with Crippen molar-refractivity contribution in [3.05, 3.63) is 0 Å². The number of morpholine rings is 1. The van der Waals surface area contributed by atoms with Gasteiger partial charge in [-0.25, -0.2) is 0 Å². The van der Waals surface area contributed by atoms with Crippen molar-refractivity contribution in [2.75, 3.05) is 33.3 Å². The highest BCUT2D eigenvalue weighted by atomic mass is 16.5. The van der Waals surface area contributed by atoms with E-state index in [-0.39, 0.29) is 18.1 Å². The van der Waals surface area contributed by atoms with Crippen molar-refractivity contribution in [2.45, 2.75) is 69.6 Å². The Morgan fingerprint density at radius 1 is 1.17 bits per heavy atom. The molecule has 3 rings (SSSR count). The van der Waals surface area contributed by atoms with Gasteiger partial charge in [0.15, 0.2) is 0 Å². The molecular weight excluding hydrogens is 292 g/mol. The van der Waals surface area contributed by atoms with Crippen molar-refractivity contribution < 1.29 is 14.6 Å². The maximum atomic E-state index is 12.8. The SMILES string of the molecule is CN(CC(=O)N1CCOC2CCCCC21)CC1CCCCC1O. The Morgan fingerprint density at radius 3 is 2.74 bits per heavy atom. The minimum Gasteiger partial charge on any atom is -0.393 e. The monoisotopic (exact) mass is 324 g/mol. The Labute approximate surface area is 140 Å². The molecule has 5 heteroatoms. The van der Waals surface area contributed by atoms with E-state index in [1.807, 2.05) is 7.05 Å². The molecule has 5 nitrogen and oxygen atoms in total. The average molecular weight is 324 g/mol. The van der Waals surface area contributed by atoms with Crippen LogP contribution in [0.4, 0.5) is 0 Å². The third-order valence-corrected chi connectivity index (χ3v) is 5.87. The third kappa shape index (κ3) is 4.25. The Bertz CT molecular complexity index is 402. The lowest BCUT2D eigenvalue weighted by Gasteiger charge is -2.44. The maximum absolute atomic E-state index is 12.8. The second kappa shape index (κ2) is 7.95. The van der Waals surface area contributed by atoms with Crippen LogP contribution in [0.25, 0.3) is 0 Å². The molecule has 4 unspecified atom stereocenters. The summed E-state index contributed by atoms with van der Waals surface area (Å²) in [6, 6.07) is 0.290. The number of ether oxygens (including phenoxy) is 1. The van der Waals surface area contributed by atoms with E-state index in [2.05, 4.69) is 9.80 Å². The summed E-state index contributed by atoms with van der Waals surface area (Å²) in [5.41, 5.74) is 0. The molecule has 0 spiro atoms. The van der Waals surface area contributed by atoms with Crippen molar-refractivity contribution in [1.82, 2.24) is 9.80 Å². The molecule has 4 atom stereocenters.